The first-order valence-electron chi connectivity index (χ1n) is 5.79. The van der Waals surface area contributed by atoms with Crippen molar-refractivity contribution in [1.29, 1.82) is 0 Å². The van der Waals surface area contributed by atoms with Crippen LogP contribution in [0.3, 0.4) is 0 Å². The Hall–Kier alpha value is -0.780. The van der Waals surface area contributed by atoms with Gasteiger partial charge in [0.25, 0.3) is 0 Å². The summed E-state index contributed by atoms with van der Waals surface area (Å²) in [5.41, 5.74) is 0. The van der Waals surface area contributed by atoms with E-state index in [1.165, 1.54) is 0 Å². The van der Waals surface area contributed by atoms with Gasteiger partial charge in [-0.05, 0) is 26.2 Å². The van der Waals surface area contributed by atoms with Crippen molar-refractivity contribution in [1.82, 2.24) is 10.2 Å². The highest BCUT2D eigenvalue weighted by atomic mass is 32.2. The van der Waals surface area contributed by atoms with Gasteiger partial charge < -0.3 is 10.2 Å². The molecule has 1 aliphatic carbocycles. The van der Waals surface area contributed by atoms with E-state index in [-0.39, 0.29) is 23.6 Å². The molecule has 1 saturated heterocycles. The highest BCUT2D eigenvalue weighted by molar-refractivity contribution is 7.91. The Bertz CT molecular complexity index is 376. The smallest absolute Gasteiger partial charge is 0.317 e. The first kappa shape index (κ1) is 11.7. The van der Waals surface area contributed by atoms with Crippen LogP contribution in [0.4, 0.5) is 4.79 Å². The maximum absolute atomic E-state index is 11.8. The molecule has 2 fully saturated rings. The first-order chi connectivity index (χ1) is 7.52. The highest BCUT2D eigenvalue weighted by Crippen LogP contribution is 2.21. The highest BCUT2D eigenvalue weighted by Gasteiger charge is 2.35. The second kappa shape index (κ2) is 4.24. The molecule has 0 bridgehead atoms. The van der Waals surface area contributed by atoms with Gasteiger partial charge in [0.15, 0.2) is 9.84 Å². The number of hydrogen-bond donors (Lipinski definition) is 1. The fourth-order valence-electron chi connectivity index (χ4n) is 2.07. The average Bonchev–Trinajstić information content (AvgIpc) is 2.92. The van der Waals surface area contributed by atoms with Gasteiger partial charge in [-0.15, -0.1) is 0 Å². The molecule has 1 N–H and O–H groups in total. The van der Waals surface area contributed by atoms with Crippen LogP contribution >= 0.6 is 0 Å². The van der Waals surface area contributed by atoms with Crippen molar-refractivity contribution in [3.63, 3.8) is 0 Å². The number of rotatable bonds is 3. The van der Waals surface area contributed by atoms with Crippen molar-refractivity contribution in [2.75, 3.05) is 18.1 Å². The number of hydrogen-bond acceptors (Lipinski definition) is 3. The van der Waals surface area contributed by atoms with Crippen LogP contribution in [0.5, 0.6) is 0 Å². The fourth-order valence-corrected chi connectivity index (χ4v) is 3.80. The molecule has 0 spiro atoms. The largest absolute Gasteiger partial charge is 0.335 e. The maximum Gasteiger partial charge on any atom is 0.317 e. The molecule has 6 heteroatoms. The van der Waals surface area contributed by atoms with E-state index in [1.807, 2.05) is 6.92 Å². The predicted molar refractivity (Wildman–Crippen MR) is 61.0 cm³/mol. The number of amides is 2. The monoisotopic (exact) mass is 246 g/mol. The molecule has 1 aliphatic heterocycles. The van der Waals surface area contributed by atoms with Crippen LogP contribution in [-0.2, 0) is 9.84 Å². The van der Waals surface area contributed by atoms with Gasteiger partial charge in [0, 0.05) is 18.6 Å². The lowest BCUT2D eigenvalue weighted by molar-refractivity contribution is 0.183. The molecule has 16 heavy (non-hydrogen) atoms. The van der Waals surface area contributed by atoms with E-state index in [0.717, 1.165) is 12.8 Å². The molecular weight excluding hydrogens is 228 g/mol. The SMILES string of the molecule is CCN(C(=O)NC1CC1)C1CCS(=O)(=O)C1. The van der Waals surface area contributed by atoms with E-state index in [1.54, 1.807) is 4.90 Å². The molecule has 0 aromatic heterocycles. The Morgan fingerprint density at radius 3 is 2.50 bits per heavy atom. The molecule has 0 aromatic carbocycles. The third kappa shape index (κ3) is 2.66. The molecule has 1 atom stereocenters. The zero-order valence-electron chi connectivity index (χ0n) is 9.48. The third-order valence-corrected chi connectivity index (χ3v) is 4.91. The summed E-state index contributed by atoms with van der Waals surface area (Å²) in [5.74, 6) is 0.337. The molecule has 2 amide bonds. The Labute approximate surface area is 96.1 Å². The summed E-state index contributed by atoms with van der Waals surface area (Å²) >= 11 is 0. The summed E-state index contributed by atoms with van der Waals surface area (Å²) in [4.78, 5) is 13.5. The van der Waals surface area contributed by atoms with E-state index in [4.69, 9.17) is 0 Å². The number of nitrogens with zero attached hydrogens (tertiary/aromatic N) is 1. The predicted octanol–water partition coefficient (Wildman–Crippen LogP) is 0.367. The lowest BCUT2D eigenvalue weighted by atomic mass is 10.2. The van der Waals surface area contributed by atoms with E-state index >= 15 is 0 Å². The molecule has 1 saturated carbocycles. The first-order valence-corrected chi connectivity index (χ1v) is 7.61. The summed E-state index contributed by atoms with van der Waals surface area (Å²) in [7, 11) is -2.92. The quantitative estimate of drug-likeness (QED) is 0.782. The van der Waals surface area contributed by atoms with E-state index in [0.29, 0.717) is 19.0 Å². The van der Waals surface area contributed by atoms with Crippen LogP contribution < -0.4 is 5.32 Å². The van der Waals surface area contributed by atoms with Crippen molar-refractivity contribution in [2.45, 2.75) is 38.3 Å². The molecule has 5 nitrogen and oxygen atoms in total. The van der Waals surface area contributed by atoms with Crippen molar-refractivity contribution < 1.29 is 13.2 Å². The summed E-state index contributed by atoms with van der Waals surface area (Å²) in [6.07, 6.45) is 2.67. The van der Waals surface area contributed by atoms with Crippen LogP contribution in [0, 0.1) is 0 Å². The van der Waals surface area contributed by atoms with Crippen LogP contribution in [0.1, 0.15) is 26.2 Å². The number of urea groups is 1. The molecule has 0 radical (unpaired) electrons. The van der Waals surface area contributed by atoms with Crippen LogP contribution in [0.15, 0.2) is 0 Å². The normalized spacial score (nSPS) is 27.7. The van der Waals surface area contributed by atoms with Crippen LogP contribution in [0.2, 0.25) is 0 Å². The van der Waals surface area contributed by atoms with Gasteiger partial charge in [-0.2, -0.15) is 0 Å². The molecule has 92 valence electrons. The molecule has 0 aromatic rings. The van der Waals surface area contributed by atoms with E-state index in [2.05, 4.69) is 5.32 Å². The van der Waals surface area contributed by atoms with Gasteiger partial charge in [-0.3, -0.25) is 0 Å². The van der Waals surface area contributed by atoms with Crippen molar-refractivity contribution in [3.8, 4) is 0 Å². The van der Waals surface area contributed by atoms with Crippen molar-refractivity contribution in [3.05, 3.63) is 0 Å². The van der Waals surface area contributed by atoms with Gasteiger partial charge in [0.1, 0.15) is 0 Å². The van der Waals surface area contributed by atoms with E-state index < -0.39 is 9.84 Å². The van der Waals surface area contributed by atoms with E-state index in [9.17, 15) is 13.2 Å². The van der Waals surface area contributed by atoms with Gasteiger partial charge in [-0.1, -0.05) is 0 Å². The zero-order valence-corrected chi connectivity index (χ0v) is 10.3. The molecular formula is C10H18N2O3S. The van der Waals surface area contributed by atoms with Crippen LogP contribution in [-0.4, -0.2) is 49.5 Å². The summed E-state index contributed by atoms with van der Waals surface area (Å²) in [6.45, 7) is 2.45. The minimum Gasteiger partial charge on any atom is -0.335 e. The summed E-state index contributed by atoms with van der Waals surface area (Å²) in [6, 6.07) is 0.0837. The lowest BCUT2D eigenvalue weighted by Gasteiger charge is -2.26. The van der Waals surface area contributed by atoms with Gasteiger partial charge >= 0.3 is 6.03 Å². The Morgan fingerprint density at radius 2 is 2.06 bits per heavy atom. The minimum absolute atomic E-state index is 0.105. The molecule has 1 heterocycles. The Morgan fingerprint density at radius 1 is 1.38 bits per heavy atom. The molecule has 2 aliphatic rings. The number of sulfone groups is 1. The minimum atomic E-state index is -2.92. The number of nitrogens with one attached hydrogen (secondary N) is 1. The van der Waals surface area contributed by atoms with Gasteiger partial charge in [0.2, 0.25) is 0 Å². The number of carbonyl (C=O) groups is 1. The van der Waals surface area contributed by atoms with Crippen molar-refractivity contribution >= 4 is 15.9 Å². The third-order valence-electron chi connectivity index (χ3n) is 3.16. The topological polar surface area (TPSA) is 66.5 Å². The second-order valence-electron chi connectivity index (χ2n) is 4.57. The number of carbonyl (C=O) groups excluding carboxylic acids is 1. The fraction of sp³-hybridized carbons (Fsp3) is 0.900. The lowest BCUT2D eigenvalue weighted by Crippen LogP contribution is -2.47. The Kier molecular flexibility index (Phi) is 3.10. The van der Waals surface area contributed by atoms with Gasteiger partial charge in [-0.25, -0.2) is 13.2 Å². The summed E-state index contributed by atoms with van der Waals surface area (Å²) < 4.78 is 22.7. The van der Waals surface area contributed by atoms with Crippen LogP contribution in [0.25, 0.3) is 0 Å². The Balaban J connectivity index is 1.96. The standard InChI is InChI=1S/C10H18N2O3S/c1-2-12(10(13)11-8-3-4-8)9-5-6-16(14,15)7-9/h8-9H,2-7H2,1H3,(H,11,13). The van der Waals surface area contributed by atoms with Gasteiger partial charge in [0.05, 0.1) is 11.5 Å². The molecule has 2 rings (SSSR count). The average molecular weight is 246 g/mol. The maximum atomic E-state index is 11.8. The molecule has 1 unspecified atom stereocenters. The summed E-state index contributed by atoms with van der Waals surface area (Å²) in [5, 5.41) is 2.90. The zero-order chi connectivity index (χ0) is 11.8. The second-order valence-corrected chi connectivity index (χ2v) is 6.80. The van der Waals surface area contributed by atoms with Crippen molar-refractivity contribution in [2.24, 2.45) is 0 Å².